The van der Waals surface area contributed by atoms with Crippen LogP contribution in [0.15, 0.2) is 59.3 Å². The maximum absolute atomic E-state index is 9.07. The highest BCUT2D eigenvalue weighted by Crippen LogP contribution is 2.36. The number of rotatable bonds is 2. The fourth-order valence-electron chi connectivity index (χ4n) is 1.96. The van der Waals surface area contributed by atoms with E-state index in [0.29, 0.717) is 17.1 Å². The largest absolute Gasteiger partial charge is 0.453 e. The van der Waals surface area contributed by atoms with Crippen LogP contribution in [-0.4, -0.2) is 4.98 Å². The fraction of sp³-hybridized carbons (Fsp3) is 0. The van der Waals surface area contributed by atoms with Crippen LogP contribution in [0.3, 0.4) is 0 Å². The molecule has 3 rings (SSSR count). The molecule has 0 aliphatic rings. The summed E-state index contributed by atoms with van der Waals surface area (Å²) in [6.45, 7) is 0. The Hall–Kier alpha value is -2.38. The maximum atomic E-state index is 9.07. The van der Waals surface area contributed by atoms with Gasteiger partial charge in [-0.25, -0.2) is 0 Å². The van der Waals surface area contributed by atoms with Crippen LogP contribution in [0.1, 0.15) is 5.56 Å². The summed E-state index contributed by atoms with van der Waals surface area (Å²) in [6, 6.07) is 15.6. The SMILES string of the molecule is N#Cc1ccncc1Oc1ccc2ccccc2c1Br. The van der Waals surface area contributed by atoms with Gasteiger partial charge in [-0.15, -0.1) is 0 Å². The van der Waals surface area contributed by atoms with Gasteiger partial charge < -0.3 is 4.74 Å². The molecule has 0 aliphatic carbocycles. The van der Waals surface area contributed by atoms with Gasteiger partial charge in [-0.05, 0) is 38.8 Å². The second-order valence-electron chi connectivity index (χ2n) is 4.18. The van der Waals surface area contributed by atoms with E-state index in [-0.39, 0.29) is 0 Å². The lowest BCUT2D eigenvalue weighted by atomic mass is 10.1. The highest BCUT2D eigenvalue weighted by molar-refractivity contribution is 9.10. The van der Waals surface area contributed by atoms with Gasteiger partial charge in [0.1, 0.15) is 11.8 Å². The summed E-state index contributed by atoms with van der Waals surface area (Å²) in [5.74, 6) is 1.11. The molecule has 0 unspecified atom stereocenters. The third-order valence-electron chi connectivity index (χ3n) is 2.95. The normalized spacial score (nSPS) is 10.2. The summed E-state index contributed by atoms with van der Waals surface area (Å²) in [6.07, 6.45) is 3.11. The van der Waals surface area contributed by atoms with Crippen molar-refractivity contribution in [1.82, 2.24) is 4.98 Å². The molecule has 0 saturated heterocycles. The van der Waals surface area contributed by atoms with Crippen LogP contribution in [0, 0.1) is 11.3 Å². The van der Waals surface area contributed by atoms with Crippen LogP contribution in [0.4, 0.5) is 0 Å². The van der Waals surface area contributed by atoms with Crippen LogP contribution in [-0.2, 0) is 0 Å². The molecule has 4 heteroatoms. The minimum Gasteiger partial charge on any atom is -0.453 e. The van der Waals surface area contributed by atoms with E-state index in [9.17, 15) is 0 Å². The van der Waals surface area contributed by atoms with Crippen LogP contribution in [0.2, 0.25) is 0 Å². The number of nitriles is 1. The third-order valence-corrected chi connectivity index (χ3v) is 3.77. The topological polar surface area (TPSA) is 45.9 Å². The minimum atomic E-state index is 0.450. The molecule has 0 saturated carbocycles. The molecule has 3 nitrogen and oxygen atoms in total. The highest BCUT2D eigenvalue weighted by Gasteiger charge is 2.09. The average molecular weight is 325 g/mol. The van der Waals surface area contributed by atoms with Gasteiger partial charge in [-0.1, -0.05) is 30.3 Å². The van der Waals surface area contributed by atoms with Gasteiger partial charge in [0.15, 0.2) is 5.75 Å². The van der Waals surface area contributed by atoms with E-state index in [2.05, 4.69) is 27.0 Å². The Morgan fingerprint density at radius 3 is 2.75 bits per heavy atom. The number of ether oxygens (including phenoxy) is 1. The van der Waals surface area contributed by atoms with E-state index < -0.39 is 0 Å². The summed E-state index contributed by atoms with van der Waals surface area (Å²) in [5.41, 5.74) is 0.458. The first-order valence-electron chi connectivity index (χ1n) is 5.99. The predicted molar refractivity (Wildman–Crippen MR) is 80.7 cm³/mol. The first-order chi connectivity index (χ1) is 9.79. The van der Waals surface area contributed by atoms with Gasteiger partial charge >= 0.3 is 0 Å². The lowest BCUT2D eigenvalue weighted by molar-refractivity contribution is 0.476. The van der Waals surface area contributed by atoms with Gasteiger partial charge in [0.2, 0.25) is 0 Å². The molecule has 0 N–H and O–H groups in total. The average Bonchev–Trinajstić information content (AvgIpc) is 2.51. The Morgan fingerprint density at radius 1 is 1.05 bits per heavy atom. The molecular formula is C16H9BrN2O. The Labute approximate surface area is 124 Å². The Morgan fingerprint density at radius 2 is 1.90 bits per heavy atom. The summed E-state index contributed by atoms with van der Waals surface area (Å²) >= 11 is 3.56. The number of nitrogens with zero attached hydrogens (tertiary/aromatic N) is 2. The van der Waals surface area contributed by atoms with Gasteiger partial charge in [-0.3, -0.25) is 4.98 Å². The molecule has 96 valence electrons. The summed E-state index contributed by atoms with van der Waals surface area (Å²) in [5, 5.41) is 11.3. The minimum absolute atomic E-state index is 0.450. The van der Waals surface area contributed by atoms with Crippen molar-refractivity contribution in [3.05, 3.63) is 64.9 Å². The number of hydrogen-bond acceptors (Lipinski definition) is 3. The van der Waals surface area contributed by atoms with Crippen molar-refractivity contribution < 1.29 is 4.74 Å². The first kappa shape index (κ1) is 12.6. The number of pyridine rings is 1. The third kappa shape index (κ3) is 2.24. The number of fused-ring (bicyclic) bond motifs is 1. The molecule has 0 radical (unpaired) electrons. The Bertz CT molecular complexity index is 824. The lowest BCUT2D eigenvalue weighted by Gasteiger charge is -2.10. The van der Waals surface area contributed by atoms with E-state index >= 15 is 0 Å². The van der Waals surface area contributed by atoms with Crippen molar-refractivity contribution >= 4 is 26.7 Å². The zero-order valence-corrected chi connectivity index (χ0v) is 12.0. The van der Waals surface area contributed by atoms with Crippen molar-refractivity contribution in [2.45, 2.75) is 0 Å². The van der Waals surface area contributed by atoms with E-state index in [1.165, 1.54) is 0 Å². The van der Waals surface area contributed by atoms with Gasteiger partial charge in [0, 0.05) is 6.20 Å². The summed E-state index contributed by atoms with van der Waals surface area (Å²) in [7, 11) is 0. The van der Waals surface area contributed by atoms with Gasteiger partial charge in [0.25, 0.3) is 0 Å². The standard InChI is InChI=1S/C16H9BrN2O/c17-16-13-4-2-1-3-11(13)5-6-14(16)20-15-10-19-8-7-12(15)9-18/h1-8,10H. The monoisotopic (exact) mass is 324 g/mol. The molecule has 0 aliphatic heterocycles. The van der Waals surface area contributed by atoms with Crippen LogP contribution in [0.5, 0.6) is 11.5 Å². The van der Waals surface area contributed by atoms with Crippen molar-refractivity contribution in [1.29, 1.82) is 5.26 Å². The smallest absolute Gasteiger partial charge is 0.163 e. The molecule has 0 spiro atoms. The predicted octanol–water partition coefficient (Wildman–Crippen LogP) is 4.66. The zero-order valence-electron chi connectivity index (χ0n) is 10.4. The van der Waals surface area contributed by atoms with E-state index in [0.717, 1.165) is 15.2 Å². The molecule has 0 amide bonds. The lowest BCUT2D eigenvalue weighted by Crippen LogP contribution is -1.90. The Balaban J connectivity index is 2.08. The van der Waals surface area contributed by atoms with E-state index in [1.54, 1.807) is 18.5 Å². The van der Waals surface area contributed by atoms with Gasteiger partial charge in [0.05, 0.1) is 16.2 Å². The molecule has 2 aromatic carbocycles. The molecule has 3 aromatic rings. The van der Waals surface area contributed by atoms with Crippen LogP contribution < -0.4 is 4.74 Å². The van der Waals surface area contributed by atoms with Gasteiger partial charge in [-0.2, -0.15) is 5.26 Å². The van der Waals surface area contributed by atoms with Crippen molar-refractivity contribution in [2.24, 2.45) is 0 Å². The number of hydrogen-bond donors (Lipinski definition) is 0. The fourth-order valence-corrected chi connectivity index (χ4v) is 2.54. The van der Waals surface area contributed by atoms with E-state index in [4.69, 9.17) is 10.00 Å². The van der Waals surface area contributed by atoms with Crippen molar-refractivity contribution in [3.63, 3.8) is 0 Å². The highest BCUT2D eigenvalue weighted by atomic mass is 79.9. The number of benzene rings is 2. The van der Waals surface area contributed by atoms with Crippen LogP contribution in [0.25, 0.3) is 10.8 Å². The molecule has 1 heterocycles. The molecule has 0 fully saturated rings. The Kier molecular flexibility index (Phi) is 3.36. The van der Waals surface area contributed by atoms with E-state index in [1.807, 2.05) is 36.4 Å². The zero-order chi connectivity index (χ0) is 13.9. The summed E-state index contributed by atoms with van der Waals surface area (Å²) in [4.78, 5) is 3.99. The molecular weight excluding hydrogens is 316 g/mol. The van der Waals surface area contributed by atoms with Crippen molar-refractivity contribution in [3.8, 4) is 17.6 Å². The molecule has 0 atom stereocenters. The quantitative estimate of drug-likeness (QED) is 0.688. The number of aromatic nitrogens is 1. The van der Waals surface area contributed by atoms with Crippen molar-refractivity contribution in [2.75, 3.05) is 0 Å². The summed E-state index contributed by atoms with van der Waals surface area (Å²) < 4.78 is 6.67. The first-order valence-corrected chi connectivity index (χ1v) is 6.78. The molecule has 0 bridgehead atoms. The second-order valence-corrected chi connectivity index (χ2v) is 4.98. The maximum Gasteiger partial charge on any atom is 0.163 e. The molecule has 1 aromatic heterocycles. The second kappa shape index (κ2) is 5.32. The van der Waals surface area contributed by atoms with Crippen LogP contribution >= 0.6 is 15.9 Å². The molecule has 20 heavy (non-hydrogen) atoms. The number of halogens is 1.